The first-order valence-corrected chi connectivity index (χ1v) is 9.90. The molecule has 2 heterocycles. The quantitative estimate of drug-likeness (QED) is 0.543. The lowest BCUT2D eigenvalue weighted by Crippen LogP contribution is -2.39. The minimum Gasteiger partial charge on any atom is -0.403 e. The van der Waals surface area contributed by atoms with Crippen molar-refractivity contribution >= 4 is 28.2 Å². The van der Waals surface area contributed by atoms with Crippen LogP contribution in [-0.4, -0.2) is 47.0 Å². The second-order valence-corrected chi connectivity index (χ2v) is 7.82. The van der Waals surface area contributed by atoms with Gasteiger partial charge in [0.2, 0.25) is 5.91 Å². The maximum Gasteiger partial charge on any atom is 0.228 e. The fourth-order valence-corrected chi connectivity index (χ4v) is 3.98. The average Bonchev–Trinajstić information content (AvgIpc) is 3.53. The van der Waals surface area contributed by atoms with Crippen molar-refractivity contribution in [1.82, 2.24) is 14.9 Å². The smallest absolute Gasteiger partial charge is 0.228 e. The molecule has 2 fully saturated rings. The molecule has 1 saturated heterocycles. The van der Waals surface area contributed by atoms with Crippen LogP contribution >= 0.6 is 0 Å². The summed E-state index contributed by atoms with van der Waals surface area (Å²) in [6, 6.07) is 8.62. The molecule has 148 valence electrons. The van der Waals surface area contributed by atoms with Crippen LogP contribution in [0.4, 0.5) is 5.82 Å². The Hall–Kier alpha value is -2.64. The molecule has 0 unspecified atom stereocenters. The van der Waals surface area contributed by atoms with E-state index in [9.17, 15) is 4.79 Å². The molecule has 0 atom stereocenters. The summed E-state index contributed by atoms with van der Waals surface area (Å²) in [7, 11) is 1.75. The van der Waals surface area contributed by atoms with E-state index in [2.05, 4.69) is 15.2 Å². The number of nitrogens with two attached hydrogens (primary N) is 2. The van der Waals surface area contributed by atoms with E-state index in [1.807, 2.05) is 24.3 Å². The maximum absolute atomic E-state index is 12.7. The van der Waals surface area contributed by atoms with Gasteiger partial charge in [-0.2, -0.15) is 0 Å². The van der Waals surface area contributed by atoms with Crippen LogP contribution in [0, 0.1) is 5.92 Å². The third-order valence-electron chi connectivity index (χ3n) is 5.77. The van der Waals surface area contributed by atoms with E-state index in [-0.39, 0.29) is 11.8 Å². The molecular weight excluding hydrogens is 352 g/mol. The van der Waals surface area contributed by atoms with Gasteiger partial charge in [0.25, 0.3) is 0 Å². The van der Waals surface area contributed by atoms with Crippen LogP contribution in [0.15, 0.2) is 36.7 Å². The molecule has 0 bridgehead atoms. The first-order chi connectivity index (χ1) is 13.5. The van der Waals surface area contributed by atoms with Gasteiger partial charge in [-0.3, -0.25) is 4.79 Å². The molecule has 1 aromatic heterocycles. The molecule has 2 aromatic rings. The molecular formula is C21H28N6O. The van der Waals surface area contributed by atoms with Gasteiger partial charge in [-0.05, 0) is 56.3 Å². The number of nitrogens with one attached hydrogen (secondary N) is 1. The van der Waals surface area contributed by atoms with E-state index < -0.39 is 0 Å². The van der Waals surface area contributed by atoms with Gasteiger partial charge in [-0.1, -0.05) is 12.1 Å². The van der Waals surface area contributed by atoms with Crippen molar-refractivity contribution in [3.8, 4) is 0 Å². The molecule has 4 rings (SSSR count). The molecule has 28 heavy (non-hydrogen) atoms. The topological polar surface area (TPSA) is 101 Å². The SMILES string of the molecule is CN(N)/C(=C\N)c1ccc2cnc(NC(=O)C3CCN(C4CC4)CC3)cc2c1. The second-order valence-electron chi connectivity index (χ2n) is 7.82. The van der Waals surface area contributed by atoms with Crippen molar-refractivity contribution in [1.29, 1.82) is 0 Å². The summed E-state index contributed by atoms with van der Waals surface area (Å²) in [5.74, 6) is 6.57. The fourth-order valence-electron chi connectivity index (χ4n) is 3.98. The fraction of sp³-hybridized carbons (Fsp3) is 0.429. The summed E-state index contributed by atoms with van der Waals surface area (Å²) < 4.78 is 0. The van der Waals surface area contributed by atoms with E-state index in [0.29, 0.717) is 5.82 Å². The Morgan fingerprint density at radius 2 is 1.96 bits per heavy atom. The van der Waals surface area contributed by atoms with Gasteiger partial charge < -0.3 is 21.0 Å². The van der Waals surface area contributed by atoms with Gasteiger partial charge >= 0.3 is 0 Å². The van der Waals surface area contributed by atoms with Crippen molar-refractivity contribution in [2.45, 2.75) is 31.7 Å². The predicted molar refractivity (Wildman–Crippen MR) is 112 cm³/mol. The van der Waals surface area contributed by atoms with E-state index in [0.717, 1.165) is 54.0 Å². The zero-order valence-electron chi connectivity index (χ0n) is 16.3. The number of rotatable bonds is 5. The van der Waals surface area contributed by atoms with Gasteiger partial charge in [0.15, 0.2) is 0 Å². The molecule has 7 heteroatoms. The molecule has 1 amide bonds. The summed E-state index contributed by atoms with van der Waals surface area (Å²) in [4.78, 5) is 19.6. The minimum absolute atomic E-state index is 0.0662. The second kappa shape index (κ2) is 7.77. The van der Waals surface area contributed by atoms with Crippen molar-refractivity contribution in [2.24, 2.45) is 17.5 Å². The number of hydrogen-bond donors (Lipinski definition) is 3. The molecule has 0 radical (unpaired) electrons. The number of hydrazine groups is 1. The van der Waals surface area contributed by atoms with Crippen molar-refractivity contribution in [3.63, 3.8) is 0 Å². The maximum atomic E-state index is 12.7. The number of fused-ring (bicyclic) bond motifs is 1. The summed E-state index contributed by atoms with van der Waals surface area (Å²) >= 11 is 0. The van der Waals surface area contributed by atoms with Crippen LogP contribution in [0.1, 0.15) is 31.2 Å². The van der Waals surface area contributed by atoms with Crippen LogP contribution < -0.4 is 16.9 Å². The Kier molecular flexibility index (Phi) is 5.19. The van der Waals surface area contributed by atoms with E-state index in [1.54, 1.807) is 13.2 Å². The summed E-state index contributed by atoms with van der Waals surface area (Å²) in [5.41, 5.74) is 7.35. The number of amides is 1. The van der Waals surface area contributed by atoms with Crippen LogP contribution in [-0.2, 0) is 4.79 Å². The first kappa shape index (κ1) is 18.7. The summed E-state index contributed by atoms with van der Waals surface area (Å²) in [6.45, 7) is 2.05. The molecule has 5 N–H and O–H groups in total. The highest BCUT2D eigenvalue weighted by atomic mass is 16.1. The number of pyridine rings is 1. The molecule has 1 aliphatic carbocycles. The Balaban J connectivity index is 1.47. The third-order valence-corrected chi connectivity index (χ3v) is 5.77. The zero-order valence-corrected chi connectivity index (χ0v) is 16.3. The number of piperidine rings is 1. The highest BCUT2D eigenvalue weighted by Gasteiger charge is 2.33. The van der Waals surface area contributed by atoms with Gasteiger partial charge in [-0.25, -0.2) is 10.8 Å². The molecule has 7 nitrogen and oxygen atoms in total. The van der Waals surface area contributed by atoms with Crippen LogP contribution in [0.3, 0.4) is 0 Å². The number of likely N-dealkylation sites (tertiary alicyclic amines) is 1. The van der Waals surface area contributed by atoms with Crippen molar-refractivity contribution in [2.75, 3.05) is 25.5 Å². The number of nitrogens with zero attached hydrogens (tertiary/aromatic N) is 3. The van der Waals surface area contributed by atoms with E-state index >= 15 is 0 Å². The Labute approximate surface area is 165 Å². The Morgan fingerprint density at radius 3 is 2.61 bits per heavy atom. The molecule has 2 aliphatic rings. The van der Waals surface area contributed by atoms with Gasteiger partial charge in [0, 0.05) is 42.4 Å². The lowest BCUT2D eigenvalue weighted by molar-refractivity contribution is -0.121. The van der Waals surface area contributed by atoms with E-state index in [1.165, 1.54) is 24.1 Å². The standard InChI is InChI=1S/C21H28N6O/c1-26(23)19(12-22)15-2-3-16-13-24-20(11-17(16)10-15)25-21(28)14-6-8-27(9-7-14)18-4-5-18/h2-3,10-14,18H,4-9,22-23H2,1H3,(H,24,25,28)/b19-12-. The van der Waals surface area contributed by atoms with Gasteiger partial charge in [0.1, 0.15) is 5.82 Å². The van der Waals surface area contributed by atoms with Crippen LogP contribution in [0.5, 0.6) is 0 Å². The molecule has 1 aromatic carbocycles. The highest BCUT2D eigenvalue weighted by Crippen LogP contribution is 2.31. The van der Waals surface area contributed by atoms with E-state index in [4.69, 9.17) is 11.6 Å². The molecule has 1 aliphatic heterocycles. The lowest BCUT2D eigenvalue weighted by Gasteiger charge is -2.31. The normalized spacial score (nSPS) is 19.0. The van der Waals surface area contributed by atoms with Gasteiger partial charge in [0.05, 0.1) is 5.70 Å². The Morgan fingerprint density at radius 1 is 1.21 bits per heavy atom. The molecule has 0 spiro atoms. The monoisotopic (exact) mass is 380 g/mol. The first-order valence-electron chi connectivity index (χ1n) is 9.90. The largest absolute Gasteiger partial charge is 0.403 e. The van der Waals surface area contributed by atoms with Gasteiger partial charge in [-0.15, -0.1) is 0 Å². The number of hydrogen-bond acceptors (Lipinski definition) is 6. The average molecular weight is 380 g/mol. The summed E-state index contributed by atoms with van der Waals surface area (Å²) in [5, 5.41) is 6.47. The number of carbonyl (C=O) groups excluding carboxylic acids is 1. The zero-order chi connectivity index (χ0) is 19.7. The van der Waals surface area contributed by atoms with Crippen LogP contribution in [0.2, 0.25) is 0 Å². The lowest BCUT2D eigenvalue weighted by atomic mass is 9.96. The summed E-state index contributed by atoms with van der Waals surface area (Å²) in [6.07, 6.45) is 7.75. The predicted octanol–water partition coefficient (Wildman–Crippen LogP) is 2.11. The van der Waals surface area contributed by atoms with Crippen molar-refractivity contribution < 1.29 is 4.79 Å². The highest BCUT2D eigenvalue weighted by molar-refractivity contribution is 5.94. The molecule has 1 saturated carbocycles. The number of benzene rings is 1. The Bertz CT molecular complexity index is 897. The number of aromatic nitrogens is 1. The number of anilines is 1. The minimum atomic E-state index is 0.0662. The van der Waals surface area contributed by atoms with Crippen molar-refractivity contribution in [3.05, 3.63) is 42.2 Å². The van der Waals surface area contributed by atoms with Crippen LogP contribution in [0.25, 0.3) is 16.5 Å². The number of carbonyl (C=O) groups is 1. The third kappa shape index (κ3) is 3.95.